The zero-order valence-electron chi connectivity index (χ0n) is 15.3. The van der Waals surface area contributed by atoms with Crippen LogP contribution in [0.4, 0.5) is 5.69 Å². The summed E-state index contributed by atoms with van der Waals surface area (Å²) in [4.78, 5) is 12.6. The van der Waals surface area contributed by atoms with Gasteiger partial charge < -0.3 is 19.5 Å². The first-order valence-electron chi connectivity index (χ1n) is 8.39. The van der Waals surface area contributed by atoms with E-state index in [4.69, 9.17) is 25.8 Å². The minimum atomic E-state index is -0.711. The second-order valence-corrected chi connectivity index (χ2v) is 6.35. The maximum atomic E-state index is 12.6. The van der Waals surface area contributed by atoms with Crippen LogP contribution in [-0.2, 0) is 4.79 Å². The highest BCUT2D eigenvalue weighted by Crippen LogP contribution is 2.36. The van der Waals surface area contributed by atoms with Crippen molar-refractivity contribution >= 4 is 34.0 Å². The summed E-state index contributed by atoms with van der Waals surface area (Å²) < 4.78 is 16.3. The molecule has 6 heteroatoms. The molecule has 1 atom stereocenters. The summed E-state index contributed by atoms with van der Waals surface area (Å²) in [7, 11) is 3.01. The van der Waals surface area contributed by atoms with E-state index in [1.807, 2.05) is 42.5 Å². The Labute approximate surface area is 162 Å². The van der Waals surface area contributed by atoms with Crippen molar-refractivity contribution in [2.24, 2.45) is 0 Å². The average Bonchev–Trinajstić information content (AvgIpc) is 2.68. The van der Waals surface area contributed by atoms with E-state index < -0.39 is 6.10 Å². The molecule has 0 spiro atoms. The molecule has 0 bridgehead atoms. The summed E-state index contributed by atoms with van der Waals surface area (Å²) in [5.41, 5.74) is 0.456. The summed E-state index contributed by atoms with van der Waals surface area (Å²) in [5.74, 6) is 1.19. The number of nitrogens with one attached hydrogen (secondary N) is 1. The zero-order chi connectivity index (χ0) is 19.4. The van der Waals surface area contributed by atoms with Crippen LogP contribution in [0.1, 0.15) is 6.92 Å². The quantitative estimate of drug-likeness (QED) is 0.654. The van der Waals surface area contributed by atoms with E-state index in [2.05, 4.69) is 5.32 Å². The van der Waals surface area contributed by atoms with E-state index in [1.165, 1.54) is 14.2 Å². The van der Waals surface area contributed by atoms with Gasteiger partial charge in [-0.3, -0.25) is 4.79 Å². The first kappa shape index (κ1) is 18.9. The van der Waals surface area contributed by atoms with E-state index in [0.29, 0.717) is 28.0 Å². The van der Waals surface area contributed by atoms with Gasteiger partial charge in [-0.2, -0.15) is 0 Å². The normalized spacial score (nSPS) is 11.7. The highest BCUT2D eigenvalue weighted by molar-refractivity contribution is 6.32. The molecular weight excluding hydrogens is 366 g/mol. The number of hydrogen-bond acceptors (Lipinski definition) is 4. The van der Waals surface area contributed by atoms with Crippen LogP contribution in [0.3, 0.4) is 0 Å². The van der Waals surface area contributed by atoms with Crippen LogP contribution >= 0.6 is 11.6 Å². The molecule has 0 saturated heterocycles. The van der Waals surface area contributed by atoms with Gasteiger partial charge in [0.2, 0.25) is 0 Å². The highest BCUT2D eigenvalue weighted by Gasteiger charge is 2.18. The van der Waals surface area contributed by atoms with E-state index >= 15 is 0 Å². The Morgan fingerprint density at radius 2 is 1.67 bits per heavy atom. The molecule has 0 fully saturated rings. The number of halogens is 1. The van der Waals surface area contributed by atoms with E-state index in [1.54, 1.807) is 19.1 Å². The third kappa shape index (κ3) is 4.26. The van der Waals surface area contributed by atoms with Gasteiger partial charge in [0.1, 0.15) is 17.2 Å². The van der Waals surface area contributed by atoms with Gasteiger partial charge in [0, 0.05) is 12.1 Å². The lowest BCUT2D eigenvalue weighted by atomic mass is 10.1. The molecule has 0 unspecified atom stereocenters. The SMILES string of the molecule is COc1cc(NC(=O)[C@@H](C)Oc2ccc3ccccc3c2)c(OC)cc1Cl. The third-order valence-corrected chi connectivity index (χ3v) is 4.43. The predicted octanol–water partition coefficient (Wildman–Crippen LogP) is 4.92. The molecule has 3 aromatic carbocycles. The van der Waals surface area contributed by atoms with Crippen molar-refractivity contribution < 1.29 is 19.0 Å². The number of carbonyl (C=O) groups excluding carboxylic acids is 1. The number of anilines is 1. The van der Waals surface area contributed by atoms with Crippen molar-refractivity contribution in [1.29, 1.82) is 0 Å². The van der Waals surface area contributed by atoms with Gasteiger partial charge >= 0.3 is 0 Å². The molecule has 3 rings (SSSR count). The average molecular weight is 386 g/mol. The van der Waals surface area contributed by atoms with Crippen LogP contribution in [0.15, 0.2) is 54.6 Å². The molecule has 3 aromatic rings. The second kappa shape index (κ2) is 8.18. The molecule has 27 heavy (non-hydrogen) atoms. The maximum Gasteiger partial charge on any atom is 0.265 e. The Morgan fingerprint density at radius 3 is 2.37 bits per heavy atom. The van der Waals surface area contributed by atoms with Crippen molar-refractivity contribution in [3.63, 3.8) is 0 Å². The minimum Gasteiger partial charge on any atom is -0.495 e. The molecule has 0 aliphatic rings. The molecule has 0 saturated carbocycles. The monoisotopic (exact) mass is 385 g/mol. The standard InChI is InChI=1S/C21H20ClNO4/c1-13(27-16-9-8-14-6-4-5-7-15(14)10-16)21(24)23-18-12-19(25-2)17(22)11-20(18)26-3/h4-13H,1-3H3,(H,23,24)/t13-/m1/s1. The van der Waals surface area contributed by atoms with Crippen LogP contribution in [0.25, 0.3) is 10.8 Å². The van der Waals surface area contributed by atoms with Crippen LogP contribution < -0.4 is 19.5 Å². The molecule has 0 radical (unpaired) electrons. The minimum absolute atomic E-state index is 0.314. The lowest BCUT2D eigenvalue weighted by molar-refractivity contribution is -0.122. The van der Waals surface area contributed by atoms with Crippen LogP contribution in [0.2, 0.25) is 5.02 Å². The molecule has 0 aliphatic carbocycles. The summed E-state index contributed by atoms with van der Waals surface area (Å²) in [6.45, 7) is 1.68. The number of carbonyl (C=O) groups is 1. The summed E-state index contributed by atoms with van der Waals surface area (Å²) in [6, 6.07) is 16.9. The largest absolute Gasteiger partial charge is 0.495 e. The first-order chi connectivity index (χ1) is 13.0. The van der Waals surface area contributed by atoms with Gasteiger partial charge in [0.15, 0.2) is 6.10 Å². The van der Waals surface area contributed by atoms with Crippen molar-refractivity contribution in [2.75, 3.05) is 19.5 Å². The lowest BCUT2D eigenvalue weighted by Gasteiger charge is -2.17. The highest BCUT2D eigenvalue weighted by atomic mass is 35.5. The summed E-state index contributed by atoms with van der Waals surface area (Å²) >= 11 is 6.09. The number of benzene rings is 3. The number of rotatable bonds is 6. The fourth-order valence-corrected chi connectivity index (χ4v) is 2.92. The molecule has 5 nitrogen and oxygen atoms in total. The van der Waals surface area contributed by atoms with Crippen LogP contribution in [-0.4, -0.2) is 26.2 Å². The Kier molecular flexibility index (Phi) is 5.72. The second-order valence-electron chi connectivity index (χ2n) is 5.95. The fourth-order valence-electron chi connectivity index (χ4n) is 2.69. The van der Waals surface area contributed by atoms with Crippen molar-refractivity contribution in [1.82, 2.24) is 0 Å². The first-order valence-corrected chi connectivity index (χ1v) is 8.77. The Morgan fingerprint density at radius 1 is 0.963 bits per heavy atom. The van der Waals surface area contributed by atoms with Gasteiger partial charge in [-0.1, -0.05) is 41.9 Å². The number of hydrogen-bond donors (Lipinski definition) is 1. The molecule has 140 valence electrons. The third-order valence-electron chi connectivity index (χ3n) is 4.13. The van der Waals surface area contributed by atoms with Crippen molar-refractivity contribution in [2.45, 2.75) is 13.0 Å². The molecular formula is C21H20ClNO4. The predicted molar refractivity (Wildman–Crippen MR) is 107 cm³/mol. The van der Waals surface area contributed by atoms with Crippen molar-refractivity contribution in [3.8, 4) is 17.2 Å². The molecule has 1 amide bonds. The molecule has 0 aromatic heterocycles. The maximum absolute atomic E-state index is 12.6. The van der Waals surface area contributed by atoms with Crippen LogP contribution in [0, 0.1) is 0 Å². The fraction of sp³-hybridized carbons (Fsp3) is 0.190. The van der Waals surface area contributed by atoms with Gasteiger partial charge in [-0.15, -0.1) is 0 Å². The van der Waals surface area contributed by atoms with E-state index in [0.717, 1.165) is 10.8 Å². The number of amides is 1. The topological polar surface area (TPSA) is 56.8 Å². The van der Waals surface area contributed by atoms with Gasteiger partial charge in [-0.25, -0.2) is 0 Å². The molecule has 0 aliphatic heterocycles. The van der Waals surface area contributed by atoms with E-state index in [9.17, 15) is 4.79 Å². The summed E-state index contributed by atoms with van der Waals surface area (Å²) in [6.07, 6.45) is -0.711. The number of ether oxygens (including phenoxy) is 3. The van der Waals surface area contributed by atoms with Gasteiger partial charge in [0.25, 0.3) is 5.91 Å². The Hall–Kier alpha value is -2.92. The molecule has 0 heterocycles. The Balaban J connectivity index is 1.75. The van der Waals surface area contributed by atoms with Crippen molar-refractivity contribution in [3.05, 3.63) is 59.6 Å². The molecule has 1 N–H and O–H groups in total. The Bertz CT molecular complexity index is 974. The summed E-state index contributed by atoms with van der Waals surface area (Å²) in [5, 5.41) is 5.35. The zero-order valence-corrected chi connectivity index (χ0v) is 16.0. The lowest BCUT2D eigenvalue weighted by Crippen LogP contribution is -2.30. The van der Waals surface area contributed by atoms with E-state index in [-0.39, 0.29) is 5.91 Å². The number of fused-ring (bicyclic) bond motifs is 1. The smallest absolute Gasteiger partial charge is 0.265 e. The van der Waals surface area contributed by atoms with Gasteiger partial charge in [0.05, 0.1) is 24.9 Å². The van der Waals surface area contributed by atoms with Gasteiger partial charge in [-0.05, 0) is 29.8 Å². The number of methoxy groups -OCH3 is 2. The van der Waals surface area contributed by atoms with Crippen LogP contribution in [0.5, 0.6) is 17.2 Å².